The standard InChI is InChI=1S/C30H39N5O3/c1-20(2)14-15-32-26-13-10-21(17-35(29(37)38)30(3,4)5)16-24(26)31-27(32)19-34-25-9-7-6-8-22(25)18-33(28(34)36)23-11-12-23/h6-10,13,16,20,23H,11-12,14-15,17-19H2,1-5H3,(H,37,38). The van der Waals surface area contributed by atoms with Crippen molar-refractivity contribution in [1.82, 2.24) is 19.4 Å². The van der Waals surface area contributed by atoms with Gasteiger partial charge in [0, 0.05) is 31.2 Å². The minimum absolute atomic E-state index is 0.0524. The molecule has 0 unspecified atom stereocenters. The number of nitrogens with zero attached hydrogens (tertiary/aromatic N) is 5. The molecule has 8 nitrogen and oxygen atoms in total. The van der Waals surface area contributed by atoms with Crippen molar-refractivity contribution in [3.63, 3.8) is 0 Å². The molecule has 0 spiro atoms. The van der Waals surface area contributed by atoms with Gasteiger partial charge in [0.05, 0.1) is 23.3 Å². The minimum atomic E-state index is -0.941. The first kappa shape index (κ1) is 26.1. The van der Waals surface area contributed by atoms with E-state index in [4.69, 9.17) is 4.98 Å². The quantitative estimate of drug-likeness (QED) is 0.371. The molecule has 2 heterocycles. The lowest BCUT2D eigenvalue weighted by Crippen LogP contribution is -2.48. The first-order valence-corrected chi connectivity index (χ1v) is 13.7. The van der Waals surface area contributed by atoms with Gasteiger partial charge in [0.15, 0.2) is 0 Å². The average molecular weight is 518 g/mol. The van der Waals surface area contributed by atoms with E-state index in [-0.39, 0.29) is 12.6 Å². The zero-order valence-corrected chi connectivity index (χ0v) is 23.1. The van der Waals surface area contributed by atoms with Crippen LogP contribution in [0.15, 0.2) is 42.5 Å². The van der Waals surface area contributed by atoms with E-state index in [9.17, 15) is 14.7 Å². The van der Waals surface area contributed by atoms with Crippen LogP contribution in [-0.4, -0.2) is 48.2 Å². The minimum Gasteiger partial charge on any atom is -0.465 e. The number of aryl methyl sites for hydroxylation is 1. The Morgan fingerprint density at radius 1 is 1.16 bits per heavy atom. The molecule has 0 saturated heterocycles. The molecule has 3 amide bonds. The van der Waals surface area contributed by atoms with E-state index in [2.05, 4.69) is 24.5 Å². The summed E-state index contributed by atoms with van der Waals surface area (Å²) in [5.41, 5.74) is 4.35. The molecule has 2 aromatic carbocycles. The van der Waals surface area contributed by atoms with Crippen molar-refractivity contribution in [2.24, 2.45) is 5.92 Å². The number of rotatable bonds is 8. The van der Waals surface area contributed by atoms with E-state index < -0.39 is 11.6 Å². The molecular weight excluding hydrogens is 478 g/mol. The predicted molar refractivity (Wildman–Crippen MR) is 149 cm³/mol. The second-order valence-electron chi connectivity index (χ2n) is 12.1. The van der Waals surface area contributed by atoms with Crippen LogP contribution >= 0.6 is 0 Å². The van der Waals surface area contributed by atoms with Crippen LogP contribution in [0.1, 0.15) is 70.8 Å². The predicted octanol–water partition coefficient (Wildman–Crippen LogP) is 6.47. The van der Waals surface area contributed by atoms with E-state index in [1.807, 2.05) is 67.0 Å². The summed E-state index contributed by atoms with van der Waals surface area (Å²) < 4.78 is 2.24. The van der Waals surface area contributed by atoms with Gasteiger partial charge in [0.25, 0.3) is 0 Å². The molecule has 202 valence electrons. The number of carbonyl (C=O) groups is 2. The van der Waals surface area contributed by atoms with Gasteiger partial charge in [-0.3, -0.25) is 9.80 Å². The fourth-order valence-corrected chi connectivity index (χ4v) is 5.24. The molecule has 38 heavy (non-hydrogen) atoms. The third-order valence-corrected chi connectivity index (χ3v) is 7.59. The Morgan fingerprint density at radius 3 is 2.55 bits per heavy atom. The average Bonchev–Trinajstić information content (AvgIpc) is 3.63. The van der Waals surface area contributed by atoms with Gasteiger partial charge in [0.1, 0.15) is 5.82 Å². The Hall–Kier alpha value is -3.55. The number of urea groups is 1. The molecule has 1 aromatic heterocycles. The third kappa shape index (κ3) is 5.22. The summed E-state index contributed by atoms with van der Waals surface area (Å²) in [4.78, 5) is 35.9. The highest BCUT2D eigenvalue weighted by atomic mass is 16.4. The summed E-state index contributed by atoms with van der Waals surface area (Å²) >= 11 is 0. The van der Waals surface area contributed by atoms with Crippen molar-refractivity contribution in [2.45, 2.75) is 91.6 Å². The van der Waals surface area contributed by atoms with Crippen molar-refractivity contribution < 1.29 is 14.7 Å². The smallest absolute Gasteiger partial charge is 0.408 e. The largest absolute Gasteiger partial charge is 0.465 e. The van der Waals surface area contributed by atoms with Crippen molar-refractivity contribution in [3.8, 4) is 0 Å². The maximum absolute atomic E-state index is 13.7. The lowest BCUT2D eigenvalue weighted by Gasteiger charge is -2.37. The second-order valence-corrected chi connectivity index (χ2v) is 12.1. The highest BCUT2D eigenvalue weighted by Gasteiger charge is 2.39. The molecule has 1 fully saturated rings. The first-order chi connectivity index (χ1) is 18.0. The Bertz CT molecular complexity index is 1350. The van der Waals surface area contributed by atoms with Gasteiger partial charge in [0.2, 0.25) is 0 Å². The summed E-state index contributed by atoms with van der Waals surface area (Å²) in [6, 6.07) is 14.6. The molecule has 1 saturated carbocycles. The van der Waals surface area contributed by atoms with E-state index in [0.29, 0.717) is 25.0 Å². The number of hydrogen-bond donors (Lipinski definition) is 1. The number of imidazole rings is 1. The molecule has 3 aromatic rings. The van der Waals surface area contributed by atoms with Crippen LogP contribution in [0.3, 0.4) is 0 Å². The summed E-state index contributed by atoms with van der Waals surface area (Å²) in [6.07, 6.45) is 2.19. The number of benzene rings is 2. The molecule has 0 bridgehead atoms. The van der Waals surface area contributed by atoms with E-state index >= 15 is 0 Å². The van der Waals surface area contributed by atoms with Gasteiger partial charge >= 0.3 is 12.1 Å². The molecule has 0 atom stereocenters. The normalized spacial score (nSPS) is 15.9. The van der Waals surface area contributed by atoms with Gasteiger partial charge in [-0.15, -0.1) is 0 Å². The number of anilines is 1. The highest BCUT2D eigenvalue weighted by Crippen LogP contribution is 2.37. The number of fused-ring (bicyclic) bond motifs is 2. The summed E-state index contributed by atoms with van der Waals surface area (Å²) in [7, 11) is 0. The lowest BCUT2D eigenvalue weighted by atomic mass is 10.1. The SMILES string of the molecule is CC(C)CCn1c(CN2C(=O)N(C3CC3)Cc3ccccc32)nc2cc(CN(C(=O)O)C(C)(C)C)ccc21. The Kier molecular flexibility index (Phi) is 6.84. The maximum atomic E-state index is 13.7. The molecule has 8 heteroatoms. The lowest BCUT2D eigenvalue weighted by molar-refractivity contribution is 0.0956. The number of hydrogen-bond acceptors (Lipinski definition) is 3. The number of para-hydroxylation sites is 1. The van der Waals surface area contributed by atoms with E-state index in [1.165, 1.54) is 10.5 Å². The summed E-state index contributed by atoms with van der Waals surface area (Å²) in [5.74, 6) is 1.38. The van der Waals surface area contributed by atoms with Gasteiger partial charge in [-0.25, -0.2) is 14.6 Å². The Morgan fingerprint density at radius 2 is 1.89 bits per heavy atom. The number of amides is 3. The van der Waals surface area contributed by atoms with Crippen LogP contribution in [0.5, 0.6) is 0 Å². The van der Waals surface area contributed by atoms with Crippen LogP contribution in [0.2, 0.25) is 0 Å². The van der Waals surface area contributed by atoms with Crippen molar-refractivity contribution in [1.29, 1.82) is 0 Å². The number of aromatic nitrogens is 2. The Labute approximate surface area is 224 Å². The van der Waals surface area contributed by atoms with Crippen LogP contribution < -0.4 is 4.90 Å². The molecule has 0 radical (unpaired) electrons. The van der Waals surface area contributed by atoms with Crippen molar-refractivity contribution in [3.05, 3.63) is 59.4 Å². The van der Waals surface area contributed by atoms with Gasteiger partial charge < -0.3 is 14.6 Å². The third-order valence-electron chi connectivity index (χ3n) is 7.59. The number of carbonyl (C=O) groups excluding carboxylic acids is 1. The fourth-order valence-electron chi connectivity index (χ4n) is 5.24. The monoisotopic (exact) mass is 517 g/mol. The van der Waals surface area contributed by atoms with Gasteiger partial charge in [-0.05, 0) is 75.3 Å². The van der Waals surface area contributed by atoms with Gasteiger partial charge in [-0.2, -0.15) is 0 Å². The molecular formula is C30H39N5O3. The van der Waals surface area contributed by atoms with E-state index in [0.717, 1.165) is 53.9 Å². The van der Waals surface area contributed by atoms with E-state index in [1.54, 1.807) is 0 Å². The van der Waals surface area contributed by atoms with Crippen LogP contribution in [0.25, 0.3) is 11.0 Å². The fraction of sp³-hybridized carbons (Fsp3) is 0.500. The summed E-state index contributed by atoms with van der Waals surface area (Å²) in [6.45, 7) is 12.3. The maximum Gasteiger partial charge on any atom is 0.408 e. The molecule has 5 rings (SSSR count). The second kappa shape index (κ2) is 9.97. The highest BCUT2D eigenvalue weighted by molar-refractivity contribution is 5.95. The zero-order valence-electron chi connectivity index (χ0n) is 23.1. The first-order valence-electron chi connectivity index (χ1n) is 13.7. The zero-order chi connectivity index (χ0) is 27.2. The van der Waals surface area contributed by atoms with Crippen LogP contribution in [0.4, 0.5) is 15.3 Å². The van der Waals surface area contributed by atoms with Crippen molar-refractivity contribution >= 4 is 28.8 Å². The van der Waals surface area contributed by atoms with Gasteiger partial charge in [-0.1, -0.05) is 38.1 Å². The van der Waals surface area contributed by atoms with Crippen molar-refractivity contribution in [2.75, 3.05) is 4.90 Å². The molecule has 1 aliphatic carbocycles. The van der Waals surface area contributed by atoms with Crippen LogP contribution in [-0.2, 0) is 26.2 Å². The Balaban J connectivity index is 1.52. The number of carboxylic acid groups (broad SMARTS) is 1. The molecule has 2 aliphatic rings. The topological polar surface area (TPSA) is 81.9 Å². The molecule has 1 N–H and O–H groups in total. The molecule has 1 aliphatic heterocycles. The summed E-state index contributed by atoms with van der Waals surface area (Å²) in [5, 5.41) is 9.77. The van der Waals surface area contributed by atoms with Crippen LogP contribution in [0, 0.1) is 5.92 Å².